The first-order valence-corrected chi connectivity index (χ1v) is 5.00. The third-order valence-corrected chi connectivity index (χ3v) is 1.94. The largest absolute Gasteiger partial charge is 0.410 e. The van der Waals surface area contributed by atoms with Crippen LogP contribution in [0.2, 0.25) is 0 Å². The lowest BCUT2D eigenvalue weighted by atomic mass is 10.3. The molecule has 0 aliphatic rings. The maximum absolute atomic E-state index is 11.7. The predicted octanol–water partition coefficient (Wildman–Crippen LogP) is -0.400. The Balaban J connectivity index is 2.64. The molecule has 0 fully saturated rings. The average molecular weight is 222 g/mol. The van der Waals surface area contributed by atoms with Gasteiger partial charge in [0.1, 0.15) is 6.54 Å². The molecule has 0 heterocycles. The van der Waals surface area contributed by atoms with Crippen molar-refractivity contribution in [1.29, 1.82) is 0 Å². The van der Waals surface area contributed by atoms with Gasteiger partial charge in [0, 0.05) is 5.69 Å². The Labute approximate surface area is 94.4 Å². The maximum atomic E-state index is 11.7. The number of para-hydroxylation sites is 1. The van der Waals surface area contributed by atoms with Gasteiger partial charge in [0.25, 0.3) is 5.91 Å². The third kappa shape index (κ3) is 3.70. The van der Waals surface area contributed by atoms with Crippen LogP contribution in [-0.4, -0.2) is 37.5 Å². The molecule has 0 bridgehead atoms. The fraction of sp³-hybridized carbons (Fsp3) is 0.273. The number of nitrogens with one attached hydrogen (secondary N) is 2. The first-order valence-electron chi connectivity index (χ1n) is 5.00. The minimum absolute atomic E-state index is 0.115. The Bertz CT molecular complexity index is 374. The van der Waals surface area contributed by atoms with Gasteiger partial charge >= 0.3 is 0 Å². The lowest BCUT2D eigenvalue weighted by Crippen LogP contribution is -3.07. The zero-order valence-corrected chi connectivity index (χ0v) is 9.40. The van der Waals surface area contributed by atoms with Crippen LogP contribution >= 0.6 is 0 Å². The van der Waals surface area contributed by atoms with Crippen LogP contribution in [0.15, 0.2) is 35.5 Å². The van der Waals surface area contributed by atoms with E-state index in [9.17, 15) is 4.79 Å². The quantitative estimate of drug-likeness (QED) is 0.369. The summed E-state index contributed by atoms with van der Waals surface area (Å²) in [6, 6.07) is 9.05. The number of anilines is 1. The van der Waals surface area contributed by atoms with Gasteiger partial charge in [-0.1, -0.05) is 23.4 Å². The summed E-state index contributed by atoms with van der Waals surface area (Å²) in [7, 11) is 3.75. The van der Waals surface area contributed by atoms with Gasteiger partial charge < -0.3 is 15.4 Å². The van der Waals surface area contributed by atoms with Crippen LogP contribution in [0.1, 0.15) is 0 Å². The van der Waals surface area contributed by atoms with E-state index in [1.165, 1.54) is 0 Å². The molecule has 1 aromatic carbocycles. The molecule has 0 radical (unpaired) electrons. The number of hydrogen-bond acceptors (Lipinski definition) is 3. The lowest BCUT2D eigenvalue weighted by molar-refractivity contribution is -0.848. The molecule has 5 heteroatoms. The first-order chi connectivity index (χ1) is 7.63. The molecule has 0 aromatic heterocycles. The normalized spacial score (nSPS) is 11.6. The molecular formula is C11H16N3O2+. The van der Waals surface area contributed by atoms with Gasteiger partial charge in [-0.25, -0.2) is 0 Å². The number of carbonyl (C=O) groups excluding carboxylic acids is 1. The standard InChI is InChI=1S/C11H15N3O2/c1-14(2)8-10(13-16)11(15)12-9-6-4-3-5-7-9/h3-7,16H,8H2,1-2H3,(H,12,15)/p+1/b13-10-. The van der Waals surface area contributed by atoms with E-state index in [0.29, 0.717) is 12.2 Å². The summed E-state index contributed by atoms with van der Waals surface area (Å²) in [5, 5.41) is 14.4. The van der Waals surface area contributed by atoms with Gasteiger partial charge in [0.15, 0.2) is 5.71 Å². The Morgan fingerprint density at radius 1 is 1.38 bits per heavy atom. The molecule has 1 rings (SSSR count). The first kappa shape index (κ1) is 12.2. The Morgan fingerprint density at radius 2 is 2.00 bits per heavy atom. The van der Waals surface area contributed by atoms with Gasteiger partial charge in [-0.3, -0.25) is 4.79 Å². The van der Waals surface area contributed by atoms with Crippen LogP contribution in [0, 0.1) is 0 Å². The predicted molar refractivity (Wildman–Crippen MR) is 62.0 cm³/mol. The molecule has 0 aliphatic heterocycles. The van der Waals surface area contributed by atoms with E-state index in [4.69, 9.17) is 5.21 Å². The van der Waals surface area contributed by atoms with E-state index >= 15 is 0 Å². The SMILES string of the molecule is C[NH+](C)C/C(=N/O)C(=O)Nc1ccccc1. The summed E-state index contributed by atoms with van der Waals surface area (Å²) in [6.45, 7) is 0.370. The zero-order chi connectivity index (χ0) is 12.0. The molecule has 3 N–H and O–H groups in total. The van der Waals surface area contributed by atoms with E-state index in [2.05, 4.69) is 10.5 Å². The third-order valence-electron chi connectivity index (χ3n) is 1.94. The molecule has 0 saturated heterocycles. The smallest absolute Gasteiger partial charge is 0.279 e. The summed E-state index contributed by atoms with van der Waals surface area (Å²) in [5.74, 6) is -0.380. The van der Waals surface area contributed by atoms with Crippen molar-refractivity contribution in [3.8, 4) is 0 Å². The Morgan fingerprint density at radius 3 is 2.50 bits per heavy atom. The fourth-order valence-electron chi connectivity index (χ4n) is 1.22. The summed E-state index contributed by atoms with van der Waals surface area (Å²) in [6.07, 6.45) is 0. The number of hydrogen-bond donors (Lipinski definition) is 3. The minimum Gasteiger partial charge on any atom is -0.410 e. The van der Waals surface area contributed by atoms with Gasteiger partial charge in [-0.15, -0.1) is 0 Å². The highest BCUT2D eigenvalue weighted by molar-refractivity contribution is 6.43. The van der Waals surface area contributed by atoms with Crippen molar-refractivity contribution in [2.75, 3.05) is 26.0 Å². The van der Waals surface area contributed by atoms with Crippen molar-refractivity contribution in [3.05, 3.63) is 30.3 Å². The molecule has 0 unspecified atom stereocenters. The highest BCUT2D eigenvalue weighted by atomic mass is 16.4. The molecule has 1 aromatic rings. The highest BCUT2D eigenvalue weighted by Crippen LogP contribution is 2.04. The molecule has 16 heavy (non-hydrogen) atoms. The summed E-state index contributed by atoms with van der Waals surface area (Å²) in [4.78, 5) is 12.7. The number of carbonyl (C=O) groups is 1. The molecule has 1 amide bonds. The molecule has 0 spiro atoms. The van der Waals surface area contributed by atoms with Gasteiger partial charge in [0.05, 0.1) is 14.1 Å². The molecule has 5 nitrogen and oxygen atoms in total. The number of oxime groups is 1. The second-order valence-corrected chi connectivity index (χ2v) is 3.75. The summed E-state index contributed by atoms with van der Waals surface area (Å²) in [5.41, 5.74) is 0.797. The zero-order valence-electron chi connectivity index (χ0n) is 9.40. The van der Waals surface area contributed by atoms with Crippen LogP contribution in [0.5, 0.6) is 0 Å². The monoisotopic (exact) mass is 222 g/mol. The molecule has 0 aliphatic carbocycles. The van der Waals surface area contributed by atoms with Crippen LogP contribution in [-0.2, 0) is 4.79 Å². The molecule has 0 atom stereocenters. The van der Waals surface area contributed by atoms with Crippen LogP contribution < -0.4 is 10.2 Å². The number of rotatable bonds is 4. The van der Waals surface area contributed by atoms with E-state index in [1.54, 1.807) is 12.1 Å². The van der Waals surface area contributed by atoms with Crippen LogP contribution in [0.4, 0.5) is 5.69 Å². The van der Waals surface area contributed by atoms with E-state index in [1.807, 2.05) is 32.3 Å². The van der Waals surface area contributed by atoms with Crippen molar-refractivity contribution >= 4 is 17.3 Å². The van der Waals surface area contributed by atoms with Crippen molar-refractivity contribution in [2.45, 2.75) is 0 Å². The van der Waals surface area contributed by atoms with E-state index in [0.717, 1.165) is 4.90 Å². The van der Waals surface area contributed by atoms with Crippen LogP contribution in [0.3, 0.4) is 0 Å². The van der Waals surface area contributed by atoms with Crippen molar-refractivity contribution in [2.24, 2.45) is 5.16 Å². The number of amides is 1. The van der Waals surface area contributed by atoms with Gasteiger partial charge in [-0.05, 0) is 12.1 Å². The van der Waals surface area contributed by atoms with Gasteiger partial charge in [-0.2, -0.15) is 0 Å². The number of benzene rings is 1. The second-order valence-electron chi connectivity index (χ2n) is 3.75. The average Bonchev–Trinajstić information content (AvgIpc) is 2.26. The second kappa shape index (κ2) is 5.87. The summed E-state index contributed by atoms with van der Waals surface area (Å²) >= 11 is 0. The van der Waals surface area contributed by atoms with Crippen LogP contribution in [0.25, 0.3) is 0 Å². The Kier molecular flexibility index (Phi) is 4.47. The van der Waals surface area contributed by atoms with Crippen molar-refractivity contribution < 1.29 is 14.9 Å². The minimum atomic E-state index is -0.380. The van der Waals surface area contributed by atoms with Crippen molar-refractivity contribution in [1.82, 2.24) is 0 Å². The number of quaternary nitrogens is 1. The lowest BCUT2D eigenvalue weighted by Gasteiger charge is -2.09. The van der Waals surface area contributed by atoms with Gasteiger partial charge in [0.2, 0.25) is 0 Å². The molecule has 86 valence electrons. The Hall–Kier alpha value is -1.88. The van der Waals surface area contributed by atoms with E-state index < -0.39 is 0 Å². The molecular weight excluding hydrogens is 206 g/mol. The molecule has 0 saturated carbocycles. The maximum Gasteiger partial charge on any atom is 0.279 e. The topological polar surface area (TPSA) is 66.1 Å². The fourth-order valence-corrected chi connectivity index (χ4v) is 1.22. The summed E-state index contributed by atoms with van der Waals surface area (Å²) < 4.78 is 0. The van der Waals surface area contributed by atoms with E-state index in [-0.39, 0.29) is 11.6 Å². The highest BCUT2D eigenvalue weighted by Gasteiger charge is 2.15. The van der Waals surface area contributed by atoms with Crippen molar-refractivity contribution in [3.63, 3.8) is 0 Å². The number of nitrogens with zero attached hydrogens (tertiary/aromatic N) is 1.